The number of hydrogen-bond donors (Lipinski definition) is 3. The van der Waals surface area contributed by atoms with Gasteiger partial charge < -0.3 is 16.6 Å². The van der Waals surface area contributed by atoms with Crippen molar-refractivity contribution in [3.05, 3.63) is 0 Å². The van der Waals surface area contributed by atoms with Gasteiger partial charge in [-0.15, -0.1) is 0 Å². The third-order valence-electron chi connectivity index (χ3n) is 1.63. The molecule has 0 heterocycles. The second-order valence-corrected chi connectivity index (χ2v) is 3.62. The summed E-state index contributed by atoms with van der Waals surface area (Å²) in [5.74, 6) is -1.26. The van der Waals surface area contributed by atoms with E-state index in [2.05, 4.69) is 0 Å². The van der Waals surface area contributed by atoms with Crippen LogP contribution in [0.4, 0.5) is 0 Å². The van der Waals surface area contributed by atoms with Gasteiger partial charge in [-0.1, -0.05) is 0 Å². The molecule has 0 aliphatic rings. The zero-order valence-corrected chi connectivity index (χ0v) is 8.21. The van der Waals surface area contributed by atoms with Crippen molar-refractivity contribution in [3.8, 4) is 0 Å². The van der Waals surface area contributed by atoms with E-state index < -0.39 is 17.3 Å². The minimum atomic E-state index is -1.09. The van der Waals surface area contributed by atoms with Gasteiger partial charge in [0.1, 0.15) is 6.04 Å². The largest absolute Gasteiger partial charge is 0.480 e. The summed E-state index contributed by atoms with van der Waals surface area (Å²) in [5.41, 5.74) is 10.4. The number of thioether (sulfide) groups is 1. The average Bonchev–Trinajstić information content (AvgIpc) is 2.12. The predicted octanol–water partition coefficient (Wildman–Crippen LogP) is -0.952. The molecule has 13 heavy (non-hydrogen) atoms. The highest BCUT2D eigenvalue weighted by molar-refractivity contribution is 7.99. The zero-order chi connectivity index (χ0) is 10.4. The third-order valence-corrected chi connectivity index (χ3v) is 2.65. The summed E-state index contributed by atoms with van der Waals surface area (Å²) in [4.78, 5) is 21.5. The zero-order valence-electron chi connectivity index (χ0n) is 7.40. The number of hydrogen-bond acceptors (Lipinski definition) is 5. The van der Waals surface area contributed by atoms with E-state index in [0.717, 1.165) is 0 Å². The summed E-state index contributed by atoms with van der Waals surface area (Å²) in [5, 5.41) is 8.10. The number of aliphatic carboxylic acids is 1. The molecule has 0 rings (SSSR count). The van der Waals surface area contributed by atoms with E-state index in [1.165, 1.54) is 11.8 Å². The summed E-state index contributed by atoms with van der Waals surface area (Å²) in [6.07, 6.45) is 1.86. The molecule has 0 aliphatic heterocycles. The summed E-state index contributed by atoms with van der Waals surface area (Å²) >= 11 is 1.28. The van der Waals surface area contributed by atoms with E-state index >= 15 is 0 Å². The fourth-order valence-corrected chi connectivity index (χ4v) is 1.58. The number of rotatable bonds is 6. The number of carbonyl (C=O) groups excluding carboxylic acids is 1. The van der Waals surface area contributed by atoms with Crippen molar-refractivity contribution >= 4 is 23.5 Å². The second kappa shape index (κ2) is 5.95. The molecule has 0 bridgehead atoms. The number of Topliss-reactive ketones (excluding diaryl/α,β-unsaturated/α-hetero) is 1. The lowest BCUT2D eigenvalue weighted by molar-refractivity contribution is -0.138. The lowest BCUT2D eigenvalue weighted by Crippen LogP contribution is -2.37. The van der Waals surface area contributed by atoms with Gasteiger partial charge in [0, 0.05) is 0 Å². The van der Waals surface area contributed by atoms with Crippen LogP contribution in [0.15, 0.2) is 0 Å². The molecule has 5 N–H and O–H groups in total. The Hall–Kier alpha value is -0.590. The number of carboxylic acids is 1. The van der Waals surface area contributed by atoms with Crippen molar-refractivity contribution in [2.24, 2.45) is 11.5 Å². The second-order valence-electron chi connectivity index (χ2n) is 2.58. The molecule has 2 atom stereocenters. The summed E-state index contributed by atoms with van der Waals surface area (Å²) in [6, 6.07) is -0.993. The maximum atomic E-state index is 11.1. The Kier molecular flexibility index (Phi) is 5.68. The van der Waals surface area contributed by atoms with Crippen LogP contribution in [0.2, 0.25) is 0 Å². The number of carbonyl (C=O) groups is 2. The Morgan fingerprint density at radius 2 is 2.08 bits per heavy atom. The van der Waals surface area contributed by atoms with Crippen molar-refractivity contribution in [2.75, 3.05) is 12.8 Å². The molecule has 0 amide bonds. The molecule has 0 aromatic rings. The van der Waals surface area contributed by atoms with Crippen LogP contribution in [0, 0.1) is 0 Å². The Bertz CT molecular complexity index is 198. The Morgan fingerprint density at radius 3 is 2.38 bits per heavy atom. The molecule has 0 aromatic heterocycles. The lowest BCUT2D eigenvalue weighted by atomic mass is 10.1. The quantitative estimate of drug-likeness (QED) is 0.517. The Morgan fingerprint density at radius 1 is 1.54 bits per heavy atom. The fraction of sp³-hybridized carbons (Fsp3) is 0.714. The van der Waals surface area contributed by atoms with Gasteiger partial charge in [0.25, 0.3) is 0 Å². The molecular weight excluding hydrogens is 192 g/mol. The SMILES string of the molecule is CSC(CC(N)C(=O)O)C(=O)CN. The topological polar surface area (TPSA) is 106 Å². The summed E-state index contributed by atoms with van der Waals surface area (Å²) in [6.45, 7) is -0.0716. The Labute approximate surface area is 80.8 Å². The van der Waals surface area contributed by atoms with E-state index in [1.807, 2.05) is 0 Å². The molecule has 76 valence electrons. The van der Waals surface area contributed by atoms with Crippen LogP contribution in [-0.2, 0) is 9.59 Å². The number of carboxylic acid groups (broad SMARTS) is 1. The van der Waals surface area contributed by atoms with Crippen LogP contribution < -0.4 is 11.5 Å². The normalized spacial score (nSPS) is 15.0. The van der Waals surface area contributed by atoms with E-state index in [9.17, 15) is 9.59 Å². The molecule has 5 nitrogen and oxygen atoms in total. The van der Waals surface area contributed by atoms with E-state index in [-0.39, 0.29) is 18.7 Å². The van der Waals surface area contributed by atoms with E-state index in [4.69, 9.17) is 16.6 Å². The first-order valence-electron chi connectivity index (χ1n) is 3.76. The molecule has 0 fully saturated rings. The fourth-order valence-electron chi connectivity index (χ4n) is 0.822. The number of nitrogens with two attached hydrogens (primary N) is 2. The van der Waals surface area contributed by atoms with Crippen LogP contribution in [0.25, 0.3) is 0 Å². The highest BCUT2D eigenvalue weighted by Crippen LogP contribution is 2.13. The van der Waals surface area contributed by atoms with Crippen LogP contribution in [-0.4, -0.2) is 41.0 Å². The first-order valence-corrected chi connectivity index (χ1v) is 5.05. The molecule has 0 radical (unpaired) electrons. The first kappa shape index (κ1) is 12.4. The summed E-state index contributed by atoms with van der Waals surface area (Å²) < 4.78 is 0. The highest BCUT2D eigenvalue weighted by atomic mass is 32.2. The highest BCUT2D eigenvalue weighted by Gasteiger charge is 2.22. The van der Waals surface area contributed by atoms with Gasteiger partial charge >= 0.3 is 5.97 Å². The monoisotopic (exact) mass is 206 g/mol. The minimum absolute atomic E-state index is 0.0716. The minimum Gasteiger partial charge on any atom is -0.480 e. The predicted molar refractivity (Wildman–Crippen MR) is 51.6 cm³/mol. The van der Waals surface area contributed by atoms with Gasteiger partial charge in [0.15, 0.2) is 5.78 Å². The maximum Gasteiger partial charge on any atom is 0.320 e. The van der Waals surface area contributed by atoms with Gasteiger partial charge in [-0.05, 0) is 12.7 Å². The molecule has 2 unspecified atom stereocenters. The van der Waals surface area contributed by atoms with Crippen molar-refractivity contribution in [2.45, 2.75) is 17.7 Å². The molecule has 0 saturated heterocycles. The average molecular weight is 206 g/mol. The van der Waals surface area contributed by atoms with Crippen molar-refractivity contribution in [1.29, 1.82) is 0 Å². The van der Waals surface area contributed by atoms with Gasteiger partial charge in [0.05, 0.1) is 11.8 Å². The maximum absolute atomic E-state index is 11.1. The van der Waals surface area contributed by atoms with Gasteiger partial charge in [-0.3, -0.25) is 9.59 Å². The first-order chi connectivity index (χ1) is 6.02. The lowest BCUT2D eigenvalue weighted by Gasteiger charge is -2.14. The van der Waals surface area contributed by atoms with Gasteiger partial charge in [0.2, 0.25) is 0 Å². The van der Waals surface area contributed by atoms with Crippen LogP contribution in [0.5, 0.6) is 0 Å². The molecular formula is C7H14N2O3S. The van der Waals surface area contributed by atoms with Gasteiger partial charge in [-0.25, -0.2) is 0 Å². The van der Waals surface area contributed by atoms with Crippen molar-refractivity contribution in [3.63, 3.8) is 0 Å². The van der Waals surface area contributed by atoms with E-state index in [0.29, 0.717) is 0 Å². The Balaban J connectivity index is 4.12. The third kappa shape index (κ3) is 4.25. The summed E-state index contributed by atoms with van der Waals surface area (Å²) in [7, 11) is 0. The molecule has 0 aromatic carbocycles. The van der Waals surface area contributed by atoms with Crippen molar-refractivity contribution < 1.29 is 14.7 Å². The molecule has 0 aliphatic carbocycles. The molecule has 0 spiro atoms. The molecule has 0 saturated carbocycles. The molecule has 6 heteroatoms. The smallest absolute Gasteiger partial charge is 0.320 e. The standard InChI is InChI=1S/C7H14N2O3S/c1-13-6(5(10)3-8)2-4(9)7(11)12/h4,6H,2-3,8-9H2,1H3,(H,11,12). The van der Waals surface area contributed by atoms with Crippen molar-refractivity contribution in [1.82, 2.24) is 0 Å². The number of ketones is 1. The van der Waals surface area contributed by atoms with Crippen LogP contribution in [0.3, 0.4) is 0 Å². The van der Waals surface area contributed by atoms with Crippen LogP contribution in [0.1, 0.15) is 6.42 Å². The van der Waals surface area contributed by atoms with Gasteiger partial charge in [-0.2, -0.15) is 11.8 Å². The van der Waals surface area contributed by atoms with Crippen LogP contribution >= 0.6 is 11.8 Å². The van der Waals surface area contributed by atoms with E-state index in [1.54, 1.807) is 6.26 Å².